The number of aromatic carboxylic acids is 1. The highest BCUT2D eigenvalue weighted by Gasteiger charge is 2.53. The molecule has 3 rings (SSSR count). The third-order valence-corrected chi connectivity index (χ3v) is 4.18. The molecule has 0 unspecified atom stereocenters. The van der Waals surface area contributed by atoms with E-state index < -0.39 is 11.8 Å². The normalized spacial score (nSPS) is 20.5. The minimum Gasteiger partial charge on any atom is -0.478 e. The molecule has 1 aromatic rings. The molecule has 0 aliphatic heterocycles. The Hall–Kier alpha value is -1.58. The highest BCUT2D eigenvalue weighted by molar-refractivity contribution is 5.94. The van der Waals surface area contributed by atoms with E-state index in [-0.39, 0.29) is 5.56 Å². The maximum Gasteiger partial charge on any atom is 0.337 e. The van der Waals surface area contributed by atoms with Crippen LogP contribution in [0, 0.1) is 17.2 Å². The van der Waals surface area contributed by atoms with Crippen molar-refractivity contribution >= 4 is 11.7 Å². The lowest BCUT2D eigenvalue weighted by atomic mass is 10.0. The third-order valence-electron chi connectivity index (χ3n) is 4.18. The molecule has 2 fully saturated rings. The van der Waals surface area contributed by atoms with Crippen LogP contribution in [0.15, 0.2) is 18.2 Å². The Morgan fingerprint density at radius 1 is 1.44 bits per heavy atom. The predicted octanol–water partition coefficient (Wildman–Crippen LogP) is 3.13. The number of nitrogens with one attached hydrogen (secondary N) is 1. The Kier molecular flexibility index (Phi) is 2.54. The van der Waals surface area contributed by atoms with Crippen LogP contribution >= 0.6 is 0 Å². The molecule has 0 saturated heterocycles. The number of benzene rings is 1. The van der Waals surface area contributed by atoms with Crippen molar-refractivity contribution in [3.8, 4) is 0 Å². The number of anilines is 1. The molecule has 18 heavy (non-hydrogen) atoms. The van der Waals surface area contributed by atoms with Gasteiger partial charge in [-0.15, -0.1) is 0 Å². The summed E-state index contributed by atoms with van der Waals surface area (Å²) >= 11 is 0. The van der Waals surface area contributed by atoms with Crippen LogP contribution in [-0.2, 0) is 0 Å². The molecule has 0 amide bonds. The number of halogens is 1. The Labute approximate surface area is 105 Å². The summed E-state index contributed by atoms with van der Waals surface area (Å²) in [6, 6.07) is 3.88. The van der Waals surface area contributed by atoms with Crippen LogP contribution in [0.4, 0.5) is 10.1 Å². The van der Waals surface area contributed by atoms with Crippen molar-refractivity contribution in [3.63, 3.8) is 0 Å². The van der Waals surface area contributed by atoms with Gasteiger partial charge in [-0.3, -0.25) is 0 Å². The summed E-state index contributed by atoms with van der Waals surface area (Å²) in [5.74, 6) is -0.784. The predicted molar refractivity (Wildman–Crippen MR) is 66.2 cm³/mol. The van der Waals surface area contributed by atoms with Gasteiger partial charge in [0.05, 0.1) is 5.56 Å². The minimum absolute atomic E-state index is 0.0154. The molecule has 3 nitrogen and oxygen atoms in total. The molecule has 96 valence electrons. The van der Waals surface area contributed by atoms with Crippen LogP contribution in [0.2, 0.25) is 0 Å². The van der Waals surface area contributed by atoms with E-state index >= 15 is 0 Å². The summed E-state index contributed by atoms with van der Waals surface area (Å²) in [6.07, 6.45) is 5.07. The number of rotatable bonds is 5. The number of carbonyl (C=O) groups is 1. The fourth-order valence-electron chi connectivity index (χ4n) is 2.70. The Morgan fingerprint density at radius 3 is 2.72 bits per heavy atom. The zero-order chi connectivity index (χ0) is 12.8. The zero-order valence-electron chi connectivity index (χ0n) is 10.1. The summed E-state index contributed by atoms with van der Waals surface area (Å²) in [7, 11) is 0. The molecule has 2 N–H and O–H groups in total. The van der Waals surface area contributed by atoms with Crippen molar-refractivity contribution in [1.82, 2.24) is 0 Å². The lowest BCUT2D eigenvalue weighted by Gasteiger charge is -2.17. The van der Waals surface area contributed by atoms with E-state index in [2.05, 4.69) is 5.32 Å². The van der Waals surface area contributed by atoms with E-state index in [1.165, 1.54) is 37.8 Å². The molecule has 0 heterocycles. The molecule has 1 aromatic carbocycles. The SMILES string of the molecule is O=C(O)c1cc(F)ccc1NCC1(C2CC2)CC1. The third kappa shape index (κ3) is 2.07. The Bertz CT molecular complexity index is 493. The second kappa shape index (κ2) is 3.97. The molecule has 0 aromatic heterocycles. The summed E-state index contributed by atoms with van der Waals surface area (Å²) in [4.78, 5) is 11.1. The first-order valence-corrected chi connectivity index (χ1v) is 6.37. The smallest absolute Gasteiger partial charge is 0.337 e. The van der Waals surface area contributed by atoms with Gasteiger partial charge in [0.25, 0.3) is 0 Å². The van der Waals surface area contributed by atoms with E-state index in [0.29, 0.717) is 11.1 Å². The van der Waals surface area contributed by atoms with Crippen LogP contribution < -0.4 is 5.32 Å². The fourth-order valence-corrected chi connectivity index (χ4v) is 2.70. The number of carboxylic acid groups (broad SMARTS) is 1. The van der Waals surface area contributed by atoms with E-state index in [4.69, 9.17) is 5.11 Å². The van der Waals surface area contributed by atoms with E-state index in [1.54, 1.807) is 0 Å². The Morgan fingerprint density at radius 2 is 2.17 bits per heavy atom. The quantitative estimate of drug-likeness (QED) is 0.842. The largest absolute Gasteiger partial charge is 0.478 e. The molecule has 4 heteroatoms. The van der Waals surface area contributed by atoms with Gasteiger partial charge in [0, 0.05) is 12.2 Å². The minimum atomic E-state index is -1.09. The van der Waals surface area contributed by atoms with Crippen LogP contribution in [0.3, 0.4) is 0 Å². The lowest BCUT2D eigenvalue weighted by Crippen LogP contribution is -2.18. The van der Waals surface area contributed by atoms with Gasteiger partial charge in [-0.05, 0) is 55.2 Å². The molecular weight excluding hydrogens is 233 g/mol. The first-order valence-electron chi connectivity index (χ1n) is 6.37. The van der Waals surface area contributed by atoms with Gasteiger partial charge in [-0.1, -0.05) is 0 Å². The highest BCUT2D eigenvalue weighted by Crippen LogP contribution is 2.61. The molecule has 2 saturated carbocycles. The molecule has 0 radical (unpaired) electrons. The van der Waals surface area contributed by atoms with Gasteiger partial charge < -0.3 is 10.4 Å². The van der Waals surface area contributed by atoms with Crippen LogP contribution in [-0.4, -0.2) is 17.6 Å². The second-order valence-corrected chi connectivity index (χ2v) is 5.49. The summed E-state index contributed by atoms with van der Waals surface area (Å²) in [6.45, 7) is 0.809. The summed E-state index contributed by atoms with van der Waals surface area (Å²) < 4.78 is 13.0. The van der Waals surface area contributed by atoms with Gasteiger partial charge in [0.15, 0.2) is 0 Å². The van der Waals surface area contributed by atoms with Crippen molar-refractivity contribution in [2.45, 2.75) is 25.7 Å². The van der Waals surface area contributed by atoms with Gasteiger partial charge in [0.2, 0.25) is 0 Å². The van der Waals surface area contributed by atoms with Crippen LogP contribution in [0.1, 0.15) is 36.0 Å². The van der Waals surface area contributed by atoms with Crippen LogP contribution in [0.5, 0.6) is 0 Å². The zero-order valence-corrected chi connectivity index (χ0v) is 10.1. The van der Waals surface area contributed by atoms with Crippen molar-refractivity contribution in [3.05, 3.63) is 29.6 Å². The average Bonchev–Trinajstić information content (AvgIpc) is 3.19. The number of hydrogen-bond acceptors (Lipinski definition) is 2. The second-order valence-electron chi connectivity index (χ2n) is 5.49. The monoisotopic (exact) mass is 249 g/mol. The first-order chi connectivity index (χ1) is 8.61. The van der Waals surface area contributed by atoms with Gasteiger partial charge >= 0.3 is 5.97 Å². The molecule has 0 bridgehead atoms. The Balaban J connectivity index is 1.74. The number of carboxylic acids is 1. The topological polar surface area (TPSA) is 49.3 Å². The molecule has 2 aliphatic carbocycles. The van der Waals surface area contributed by atoms with Gasteiger partial charge in [-0.2, -0.15) is 0 Å². The lowest BCUT2D eigenvalue weighted by molar-refractivity contribution is 0.0697. The average molecular weight is 249 g/mol. The molecule has 2 aliphatic rings. The molecule has 0 atom stereocenters. The maximum atomic E-state index is 13.0. The van der Waals surface area contributed by atoms with Crippen molar-refractivity contribution in [2.75, 3.05) is 11.9 Å². The van der Waals surface area contributed by atoms with Crippen molar-refractivity contribution in [2.24, 2.45) is 11.3 Å². The first kappa shape index (κ1) is 11.5. The van der Waals surface area contributed by atoms with Gasteiger partial charge in [0.1, 0.15) is 5.82 Å². The number of hydrogen-bond donors (Lipinski definition) is 2. The van der Waals surface area contributed by atoms with E-state index in [0.717, 1.165) is 18.5 Å². The standard InChI is InChI=1S/C14H16FNO2/c15-10-3-4-12(11(7-10)13(17)18)16-8-14(5-6-14)9-1-2-9/h3-4,7,9,16H,1-2,5-6,8H2,(H,17,18). The fraction of sp³-hybridized carbons (Fsp3) is 0.500. The molecule has 0 spiro atoms. The van der Waals surface area contributed by atoms with Crippen molar-refractivity contribution < 1.29 is 14.3 Å². The van der Waals surface area contributed by atoms with Crippen molar-refractivity contribution in [1.29, 1.82) is 0 Å². The highest BCUT2D eigenvalue weighted by atomic mass is 19.1. The maximum absolute atomic E-state index is 13.0. The summed E-state index contributed by atoms with van der Waals surface area (Å²) in [5.41, 5.74) is 0.932. The van der Waals surface area contributed by atoms with E-state index in [9.17, 15) is 9.18 Å². The van der Waals surface area contributed by atoms with E-state index in [1.807, 2.05) is 0 Å². The van der Waals surface area contributed by atoms with Crippen LogP contribution in [0.25, 0.3) is 0 Å². The molecular formula is C14H16FNO2. The van der Waals surface area contributed by atoms with Gasteiger partial charge in [-0.25, -0.2) is 9.18 Å². The summed E-state index contributed by atoms with van der Waals surface area (Å²) in [5, 5.41) is 12.2.